The van der Waals surface area contributed by atoms with Gasteiger partial charge >= 0.3 is 0 Å². The van der Waals surface area contributed by atoms with Gasteiger partial charge in [0.05, 0.1) is 12.3 Å². The summed E-state index contributed by atoms with van der Waals surface area (Å²) in [6.45, 7) is 7.65. The Morgan fingerprint density at radius 3 is 2.78 bits per heavy atom. The predicted octanol–water partition coefficient (Wildman–Crippen LogP) is 5.86. The largest absolute Gasteiger partial charge is 0.493 e. The molecule has 36 heavy (non-hydrogen) atoms. The van der Waals surface area contributed by atoms with Gasteiger partial charge in [-0.1, -0.05) is 19.9 Å². The summed E-state index contributed by atoms with van der Waals surface area (Å²) in [5, 5.41) is 7.77. The summed E-state index contributed by atoms with van der Waals surface area (Å²) < 4.78 is 36.1. The van der Waals surface area contributed by atoms with Crippen molar-refractivity contribution in [2.75, 3.05) is 13.2 Å². The van der Waals surface area contributed by atoms with Gasteiger partial charge in [-0.2, -0.15) is 5.10 Å². The summed E-state index contributed by atoms with van der Waals surface area (Å²) in [6.07, 6.45) is 4.04. The molecule has 0 saturated heterocycles. The highest BCUT2D eigenvalue weighted by Crippen LogP contribution is 2.61. The first-order valence-corrected chi connectivity index (χ1v) is 12.8. The maximum Gasteiger partial charge on any atom is 0.272 e. The number of hydrogen-bond acceptors (Lipinski definition) is 3. The zero-order chi connectivity index (χ0) is 25.2. The first-order chi connectivity index (χ1) is 17.2. The number of halogens is 2. The van der Waals surface area contributed by atoms with Crippen LogP contribution >= 0.6 is 0 Å². The molecule has 4 aliphatic rings. The summed E-state index contributed by atoms with van der Waals surface area (Å²) in [5.41, 5.74) is 3.79. The second kappa shape index (κ2) is 8.43. The third-order valence-electron chi connectivity index (χ3n) is 8.86. The first kappa shape index (κ1) is 23.2. The average Bonchev–Trinajstić information content (AvgIpc) is 3.11. The molecule has 1 aliphatic heterocycles. The summed E-state index contributed by atoms with van der Waals surface area (Å²) in [7, 11) is 0. The van der Waals surface area contributed by atoms with Crippen molar-refractivity contribution in [1.82, 2.24) is 15.1 Å². The molecule has 0 radical (unpaired) electrons. The van der Waals surface area contributed by atoms with Crippen LogP contribution in [0.1, 0.15) is 54.7 Å². The number of ether oxygens (including phenoxy) is 1. The summed E-state index contributed by atoms with van der Waals surface area (Å²) in [5.74, 6) is 0.876. The molecule has 2 aromatic carbocycles. The van der Waals surface area contributed by atoms with Crippen molar-refractivity contribution in [3.05, 3.63) is 64.9 Å². The summed E-state index contributed by atoms with van der Waals surface area (Å²) in [4.78, 5) is 13.5. The number of rotatable bonds is 4. The first-order valence-electron chi connectivity index (χ1n) is 12.8. The van der Waals surface area contributed by atoms with E-state index in [9.17, 15) is 13.6 Å². The monoisotopic (exact) mass is 491 g/mol. The van der Waals surface area contributed by atoms with E-state index in [1.54, 1.807) is 0 Å². The second-order valence-corrected chi connectivity index (χ2v) is 11.2. The van der Waals surface area contributed by atoms with Crippen LogP contribution in [-0.4, -0.2) is 28.8 Å². The lowest BCUT2D eigenvalue weighted by atomic mass is 9.45. The number of hydrogen-bond donors (Lipinski definition) is 1. The molecule has 7 heteroatoms. The second-order valence-electron chi connectivity index (χ2n) is 11.2. The van der Waals surface area contributed by atoms with Crippen molar-refractivity contribution < 1.29 is 18.3 Å². The van der Waals surface area contributed by atoms with Crippen LogP contribution in [0.15, 0.2) is 36.4 Å². The fourth-order valence-electron chi connectivity index (χ4n) is 6.70. The molecule has 3 saturated carbocycles. The number of fused-ring (bicyclic) bond motifs is 5. The Morgan fingerprint density at radius 2 is 2.03 bits per heavy atom. The topological polar surface area (TPSA) is 56.1 Å². The van der Waals surface area contributed by atoms with Gasteiger partial charge in [-0.05, 0) is 79.2 Å². The molecule has 1 aromatic heterocycles. The van der Waals surface area contributed by atoms with Crippen LogP contribution in [0.2, 0.25) is 0 Å². The fourth-order valence-corrected chi connectivity index (χ4v) is 6.70. The van der Waals surface area contributed by atoms with Crippen LogP contribution in [-0.2, 0) is 6.42 Å². The van der Waals surface area contributed by atoms with Crippen LogP contribution in [0.25, 0.3) is 16.9 Å². The molecular weight excluding hydrogens is 460 g/mol. The van der Waals surface area contributed by atoms with Gasteiger partial charge in [0.15, 0.2) is 11.5 Å². The number of carbonyl (C=O) groups excluding carboxylic acids is 1. The van der Waals surface area contributed by atoms with E-state index in [4.69, 9.17) is 4.74 Å². The molecule has 1 amide bonds. The highest BCUT2D eigenvalue weighted by molar-refractivity contribution is 5.96. The lowest BCUT2D eigenvalue weighted by Gasteiger charge is -2.60. The third-order valence-corrected chi connectivity index (χ3v) is 8.86. The van der Waals surface area contributed by atoms with Crippen LogP contribution < -0.4 is 10.1 Å². The minimum absolute atomic E-state index is 0.0923. The van der Waals surface area contributed by atoms with Crippen LogP contribution in [0.4, 0.5) is 8.78 Å². The minimum Gasteiger partial charge on any atom is -0.493 e. The van der Waals surface area contributed by atoms with Gasteiger partial charge in [-0.25, -0.2) is 13.5 Å². The van der Waals surface area contributed by atoms with Crippen molar-refractivity contribution >= 4 is 5.91 Å². The van der Waals surface area contributed by atoms with Crippen molar-refractivity contribution in [3.63, 3.8) is 0 Å². The van der Waals surface area contributed by atoms with Gasteiger partial charge in [-0.15, -0.1) is 0 Å². The Labute approximate surface area is 209 Å². The summed E-state index contributed by atoms with van der Waals surface area (Å²) in [6, 6.07) is 9.18. The number of benzene rings is 2. The smallest absolute Gasteiger partial charge is 0.272 e. The molecule has 2 heterocycles. The van der Waals surface area contributed by atoms with Crippen LogP contribution in [0.3, 0.4) is 0 Å². The molecule has 3 unspecified atom stereocenters. The van der Waals surface area contributed by atoms with Gasteiger partial charge in [0.1, 0.15) is 17.3 Å². The maximum absolute atomic E-state index is 14.9. The van der Waals surface area contributed by atoms with Crippen LogP contribution in [0.5, 0.6) is 5.75 Å². The van der Waals surface area contributed by atoms with Gasteiger partial charge in [0.25, 0.3) is 5.91 Å². The van der Waals surface area contributed by atoms with E-state index in [0.717, 1.165) is 29.5 Å². The number of nitrogens with one attached hydrogen (secondary N) is 1. The van der Waals surface area contributed by atoms with Gasteiger partial charge in [0, 0.05) is 30.2 Å². The molecule has 188 valence electrons. The average molecular weight is 492 g/mol. The van der Waals surface area contributed by atoms with E-state index in [1.165, 1.54) is 29.7 Å². The minimum atomic E-state index is -0.741. The fraction of sp³-hybridized carbons (Fsp3) is 0.448. The molecule has 5 nitrogen and oxygen atoms in total. The lowest BCUT2D eigenvalue weighted by molar-refractivity contribution is -0.103. The lowest BCUT2D eigenvalue weighted by Crippen LogP contribution is -2.54. The zero-order valence-electron chi connectivity index (χ0n) is 20.9. The Balaban J connectivity index is 1.39. The highest BCUT2D eigenvalue weighted by atomic mass is 19.1. The van der Waals surface area contributed by atoms with Crippen LogP contribution in [0, 0.1) is 41.7 Å². The Morgan fingerprint density at radius 1 is 1.19 bits per heavy atom. The van der Waals surface area contributed by atoms with Gasteiger partial charge < -0.3 is 10.1 Å². The SMILES string of the molecule is Cc1ccc2c(c1)OCCc1c(C(=O)NCC3CCC4CC3C4(C)C)nn(-c3ccc(F)cc3F)c1-2. The summed E-state index contributed by atoms with van der Waals surface area (Å²) >= 11 is 0. The highest BCUT2D eigenvalue weighted by Gasteiger charge is 2.54. The third kappa shape index (κ3) is 3.62. The number of aromatic nitrogens is 2. The maximum atomic E-state index is 14.9. The number of amides is 1. The van der Waals surface area contributed by atoms with E-state index in [1.807, 2.05) is 25.1 Å². The number of nitrogens with zero attached hydrogens (tertiary/aromatic N) is 2. The molecule has 7 rings (SSSR count). The van der Waals surface area contributed by atoms with E-state index in [0.29, 0.717) is 53.8 Å². The van der Waals surface area contributed by atoms with Crippen molar-refractivity contribution in [3.8, 4) is 22.7 Å². The molecule has 3 fully saturated rings. The Kier molecular flexibility index (Phi) is 5.43. The van der Waals surface area contributed by atoms with Crippen molar-refractivity contribution in [2.24, 2.45) is 23.2 Å². The quantitative estimate of drug-likeness (QED) is 0.497. The normalized spacial score (nSPS) is 23.5. The molecule has 2 bridgehead atoms. The predicted molar refractivity (Wildman–Crippen MR) is 133 cm³/mol. The zero-order valence-corrected chi connectivity index (χ0v) is 20.9. The molecule has 1 N–H and O–H groups in total. The van der Waals surface area contributed by atoms with Crippen molar-refractivity contribution in [1.29, 1.82) is 0 Å². The Hall–Kier alpha value is -3.22. The number of aryl methyl sites for hydroxylation is 1. The van der Waals surface area contributed by atoms with Gasteiger partial charge in [0.2, 0.25) is 0 Å². The molecule has 0 spiro atoms. The number of carbonyl (C=O) groups is 1. The van der Waals surface area contributed by atoms with E-state index >= 15 is 0 Å². The van der Waals surface area contributed by atoms with Gasteiger partial charge in [-0.3, -0.25) is 4.79 Å². The van der Waals surface area contributed by atoms with Crippen molar-refractivity contribution in [2.45, 2.75) is 46.5 Å². The molecular formula is C29H31F2N3O2. The van der Waals surface area contributed by atoms with E-state index in [2.05, 4.69) is 24.3 Å². The molecule has 3 aliphatic carbocycles. The standard InChI is InChI=1S/C29H31F2N3O2/c1-16-4-8-20-25(12-16)36-11-10-21-26(33-34(27(20)21)24-9-7-19(30)14-23(24)31)28(35)32-15-17-5-6-18-13-22(17)29(18,2)3/h4,7-9,12,14,17-18,22H,5-6,10-11,13,15H2,1-3H3,(H,32,35). The molecule has 3 aromatic rings. The Bertz CT molecular complexity index is 1360. The van der Waals surface area contributed by atoms with E-state index in [-0.39, 0.29) is 17.3 Å². The molecule has 3 atom stereocenters. The van der Waals surface area contributed by atoms with E-state index < -0.39 is 11.6 Å².